The Kier molecular flexibility index (Phi) is 6.16. The Bertz CT molecular complexity index is 1670. The summed E-state index contributed by atoms with van der Waals surface area (Å²) in [6.07, 6.45) is 2.21. The van der Waals surface area contributed by atoms with Crippen LogP contribution in [-0.4, -0.2) is 26.1 Å². The van der Waals surface area contributed by atoms with Crippen molar-refractivity contribution in [2.45, 2.75) is 23.3 Å². The van der Waals surface area contributed by atoms with Crippen LogP contribution in [0.15, 0.2) is 102 Å². The maximum absolute atomic E-state index is 11.8. The largest absolute Gasteiger partial charge is 0.490 e. The molecule has 3 aromatic carbocycles. The van der Waals surface area contributed by atoms with Crippen LogP contribution >= 0.6 is 11.3 Å². The van der Waals surface area contributed by atoms with Gasteiger partial charge in [0, 0.05) is 33.8 Å². The molecule has 2 atom stereocenters. The molecule has 2 aromatic heterocycles. The van der Waals surface area contributed by atoms with Gasteiger partial charge in [-0.25, -0.2) is 13.6 Å². The SMILES string of the molecule is NS(=O)(=O)c1ccc2c(c1)OCCC([C@H](c1ccccc1)c1cc3cccc(-c4ccccn4)c3s1)O2. The van der Waals surface area contributed by atoms with Gasteiger partial charge in [0.15, 0.2) is 11.5 Å². The van der Waals surface area contributed by atoms with E-state index in [1.54, 1.807) is 17.4 Å². The molecular formula is C29H24N2O4S2. The molecule has 1 unspecified atom stereocenters. The van der Waals surface area contributed by atoms with E-state index >= 15 is 0 Å². The molecular weight excluding hydrogens is 504 g/mol. The maximum atomic E-state index is 11.8. The smallest absolute Gasteiger partial charge is 0.238 e. The predicted octanol–water partition coefficient (Wildman–Crippen LogP) is 5.97. The summed E-state index contributed by atoms with van der Waals surface area (Å²) >= 11 is 1.75. The standard InChI is InChI=1S/C29H24N2O4S2/c30-37(32,33)21-12-13-24-26(18-21)34-16-14-25(35-24)28(19-7-2-1-3-8-19)27-17-20-9-6-10-22(29(20)36-27)23-11-4-5-15-31-23/h1-13,15,17-18,25,28H,14,16H2,(H2,30,32,33)/t25?,28-/m0/s1. The Morgan fingerprint density at radius 1 is 0.919 bits per heavy atom. The minimum absolute atomic E-state index is 0.000494. The van der Waals surface area contributed by atoms with Crippen molar-refractivity contribution in [3.8, 4) is 22.8 Å². The first-order valence-corrected chi connectivity index (χ1v) is 14.3. The number of thiophene rings is 1. The number of nitrogens with zero attached hydrogens (tertiary/aromatic N) is 1. The molecule has 3 heterocycles. The third-order valence-corrected chi connectivity index (χ3v) is 8.70. The van der Waals surface area contributed by atoms with E-state index in [0.29, 0.717) is 24.5 Å². The van der Waals surface area contributed by atoms with Crippen LogP contribution in [0, 0.1) is 0 Å². The second-order valence-electron chi connectivity index (χ2n) is 8.92. The number of rotatable bonds is 5. The zero-order chi connectivity index (χ0) is 25.4. The van der Waals surface area contributed by atoms with Crippen molar-refractivity contribution in [3.05, 3.63) is 108 Å². The molecule has 37 heavy (non-hydrogen) atoms. The Hall–Kier alpha value is -3.72. The number of aromatic nitrogens is 1. The highest BCUT2D eigenvalue weighted by atomic mass is 32.2. The lowest BCUT2D eigenvalue weighted by Gasteiger charge is -2.26. The molecule has 0 aliphatic carbocycles. The number of pyridine rings is 1. The van der Waals surface area contributed by atoms with Crippen LogP contribution in [0.25, 0.3) is 21.3 Å². The summed E-state index contributed by atoms with van der Waals surface area (Å²) in [4.78, 5) is 5.76. The minimum atomic E-state index is -3.84. The highest BCUT2D eigenvalue weighted by Gasteiger charge is 2.32. The fraction of sp³-hybridized carbons (Fsp3) is 0.138. The van der Waals surface area contributed by atoms with Crippen LogP contribution in [-0.2, 0) is 10.0 Å². The molecule has 0 amide bonds. The summed E-state index contributed by atoms with van der Waals surface area (Å²) in [6.45, 7) is 0.388. The van der Waals surface area contributed by atoms with E-state index in [2.05, 4.69) is 41.4 Å². The molecule has 8 heteroatoms. The first-order chi connectivity index (χ1) is 18.0. The lowest BCUT2D eigenvalue weighted by Crippen LogP contribution is -2.26. The van der Waals surface area contributed by atoms with Gasteiger partial charge in [-0.3, -0.25) is 4.98 Å². The number of benzene rings is 3. The Labute approximate surface area is 219 Å². The molecule has 0 bridgehead atoms. The number of nitrogens with two attached hydrogens (primary N) is 1. The second kappa shape index (κ2) is 9.63. The summed E-state index contributed by atoms with van der Waals surface area (Å²) in [7, 11) is -3.84. The third-order valence-electron chi connectivity index (χ3n) is 6.52. The molecule has 0 saturated carbocycles. The van der Waals surface area contributed by atoms with Crippen molar-refractivity contribution >= 4 is 31.4 Å². The van der Waals surface area contributed by atoms with Crippen molar-refractivity contribution in [1.82, 2.24) is 4.98 Å². The lowest BCUT2D eigenvalue weighted by molar-refractivity contribution is 0.174. The summed E-state index contributed by atoms with van der Waals surface area (Å²) in [5.41, 5.74) is 3.19. The Balaban J connectivity index is 1.44. The zero-order valence-electron chi connectivity index (χ0n) is 19.8. The van der Waals surface area contributed by atoms with Gasteiger partial charge in [-0.1, -0.05) is 54.6 Å². The lowest BCUT2D eigenvalue weighted by atomic mass is 9.89. The normalized spacial score (nSPS) is 16.3. The summed E-state index contributed by atoms with van der Waals surface area (Å²) < 4.78 is 37.3. The van der Waals surface area contributed by atoms with E-state index in [1.807, 2.05) is 42.6 Å². The fourth-order valence-corrected chi connectivity index (χ4v) is 6.69. The Morgan fingerprint density at radius 2 is 1.76 bits per heavy atom. The number of ether oxygens (including phenoxy) is 2. The number of sulfonamides is 1. The molecule has 1 aliphatic heterocycles. The van der Waals surface area contributed by atoms with Gasteiger partial charge in [-0.05, 0) is 41.3 Å². The molecule has 1 aliphatic rings. The van der Waals surface area contributed by atoms with Crippen molar-refractivity contribution in [1.29, 1.82) is 0 Å². The molecule has 0 fully saturated rings. The van der Waals surface area contributed by atoms with E-state index < -0.39 is 10.0 Å². The molecule has 0 radical (unpaired) electrons. The van der Waals surface area contributed by atoms with Gasteiger partial charge in [0.25, 0.3) is 0 Å². The van der Waals surface area contributed by atoms with Crippen LogP contribution in [0.5, 0.6) is 11.5 Å². The van der Waals surface area contributed by atoms with Crippen molar-refractivity contribution < 1.29 is 17.9 Å². The number of hydrogen-bond donors (Lipinski definition) is 1. The zero-order valence-corrected chi connectivity index (χ0v) is 21.4. The predicted molar refractivity (Wildman–Crippen MR) is 146 cm³/mol. The van der Waals surface area contributed by atoms with E-state index in [0.717, 1.165) is 22.2 Å². The van der Waals surface area contributed by atoms with E-state index in [9.17, 15) is 8.42 Å². The van der Waals surface area contributed by atoms with Gasteiger partial charge >= 0.3 is 0 Å². The monoisotopic (exact) mass is 528 g/mol. The van der Waals surface area contributed by atoms with E-state index in [1.165, 1.54) is 21.7 Å². The van der Waals surface area contributed by atoms with Crippen LogP contribution in [0.1, 0.15) is 22.8 Å². The molecule has 0 saturated heterocycles. The third kappa shape index (κ3) is 4.71. The second-order valence-corrected chi connectivity index (χ2v) is 11.6. The number of fused-ring (bicyclic) bond motifs is 2. The summed E-state index contributed by atoms with van der Waals surface area (Å²) in [6, 6.07) is 29.3. The summed E-state index contributed by atoms with van der Waals surface area (Å²) in [5.74, 6) is 0.836. The van der Waals surface area contributed by atoms with Crippen molar-refractivity contribution in [3.63, 3.8) is 0 Å². The van der Waals surface area contributed by atoms with Crippen LogP contribution in [0.3, 0.4) is 0 Å². The van der Waals surface area contributed by atoms with Gasteiger partial charge in [0.05, 0.1) is 23.1 Å². The van der Waals surface area contributed by atoms with Crippen LogP contribution in [0.2, 0.25) is 0 Å². The molecule has 0 spiro atoms. The number of primary sulfonamides is 1. The van der Waals surface area contributed by atoms with Crippen molar-refractivity contribution in [2.75, 3.05) is 6.61 Å². The molecule has 186 valence electrons. The highest BCUT2D eigenvalue weighted by molar-refractivity contribution is 7.89. The average molecular weight is 529 g/mol. The Morgan fingerprint density at radius 3 is 2.54 bits per heavy atom. The minimum Gasteiger partial charge on any atom is -0.490 e. The van der Waals surface area contributed by atoms with Crippen LogP contribution < -0.4 is 14.6 Å². The van der Waals surface area contributed by atoms with E-state index in [-0.39, 0.29) is 16.9 Å². The van der Waals surface area contributed by atoms with Gasteiger partial charge in [0.2, 0.25) is 10.0 Å². The van der Waals surface area contributed by atoms with E-state index in [4.69, 9.17) is 14.6 Å². The highest BCUT2D eigenvalue weighted by Crippen LogP contribution is 2.43. The van der Waals surface area contributed by atoms with Crippen molar-refractivity contribution in [2.24, 2.45) is 5.14 Å². The van der Waals surface area contributed by atoms with Gasteiger partial charge in [-0.15, -0.1) is 11.3 Å². The van der Waals surface area contributed by atoms with Gasteiger partial charge < -0.3 is 9.47 Å². The van der Waals surface area contributed by atoms with Crippen LogP contribution in [0.4, 0.5) is 0 Å². The molecule has 6 rings (SSSR count). The fourth-order valence-electron chi connectivity index (χ4n) is 4.80. The van der Waals surface area contributed by atoms with Gasteiger partial charge in [-0.2, -0.15) is 0 Å². The molecule has 2 N–H and O–H groups in total. The average Bonchev–Trinajstić information content (AvgIpc) is 3.22. The first kappa shape index (κ1) is 23.7. The maximum Gasteiger partial charge on any atom is 0.238 e. The van der Waals surface area contributed by atoms with Gasteiger partial charge in [0.1, 0.15) is 6.10 Å². The summed E-state index contributed by atoms with van der Waals surface area (Å²) in [5, 5.41) is 6.48. The molecule has 5 aromatic rings. The molecule has 6 nitrogen and oxygen atoms in total. The topological polar surface area (TPSA) is 91.5 Å². The number of hydrogen-bond acceptors (Lipinski definition) is 6. The first-order valence-electron chi connectivity index (χ1n) is 11.9. The quantitative estimate of drug-likeness (QED) is 0.303.